The number of nitrogens with two attached hydrogens (primary N) is 1. The molecule has 1 aliphatic rings. The number of hydrogen-bond acceptors (Lipinski definition) is 8. The zero-order valence-corrected chi connectivity index (χ0v) is 14.8. The van der Waals surface area contributed by atoms with Gasteiger partial charge in [0, 0.05) is 36.6 Å². The predicted molar refractivity (Wildman–Crippen MR) is 105 cm³/mol. The predicted octanol–water partition coefficient (Wildman–Crippen LogP) is 0.332. The Kier molecular flexibility index (Phi) is 5.77. The Balaban J connectivity index is 0.000000167. The lowest BCUT2D eigenvalue weighted by Crippen LogP contribution is -2.36. The number of aromatic nitrogens is 3. The number of aromatic amines is 2. The number of carboxylic acid groups (broad SMARTS) is 1. The summed E-state index contributed by atoms with van der Waals surface area (Å²) in [5.74, 6) is -0.412. The van der Waals surface area contributed by atoms with Gasteiger partial charge in [-0.25, -0.2) is 0 Å². The van der Waals surface area contributed by atoms with Crippen LogP contribution in [-0.2, 0) is 11.2 Å². The van der Waals surface area contributed by atoms with Gasteiger partial charge in [-0.05, 0) is 11.6 Å². The molecule has 9 N–H and O–H groups in total. The minimum absolute atomic E-state index is 0.134. The maximum absolute atomic E-state index is 11.2. The molecular weight excluding hydrogens is 366 g/mol. The van der Waals surface area contributed by atoms with Crippen molar-refractivity contribution < 1.29 is 15.1 Å². The van der Waals surface area contributed by atoms with Crippen molar-refractivity contribution in [3.05, 3.63) is 46.4 Å². The number of carboxylic acids is 1. The van der Waals surface area contributed by atoms with Crippen LogP contribution < -0.4 is 27.4 Å². The molecule has 0 fully saturated rings. The van der Waals surface area contributed by atoms with Crippen LogP contribution in [0.3, 0.4) is 0 Å². The number of nitrogen functional groups attached to an aromatic ring is 1. The third-order valence-corrected chi connectivity index (χ3v) is 4.21. The van der Waals surface area contributed by atoms with Crippen molar-refractivity contribution in [2.45, 2.75) is 12.5 Å². The average Bonchev–Trinajstić information content (AvgIpc) is 3.09. The first-order chi connectivity index (χ1) is 13.5. The highest BCUT2D eigenvalue weighted by Gasteiger charge is 2.18. The first-order valence-electron chi connectivity index (χ1n) is 8.54. The van der Waals surface area contributed by atoms with E-state index < -0.39 is 12.0 Å². The van der Waals surface area contributed by atoms with E-state index in [4.69, 9.17) is 16.0 Å². The number of nitrogens with one attached hydrogen (secondary N) is 5. The molecule has 3 aromatic rings. The number of anilines is 3. The molecule has 1 atom stereocenters. The number of aliphatic carboxylic acids is 1. The van der Waals surface area contributed by atoms with Crippen LogP contribution >= 0.6 is 0 Å². The summed E-state index contributed by atoms with van der Waals surface area (Å²) in [5.41, 5.74) is 9.20. The number of para-hydroxylation sites is 1. The third kappa shape index (κ3) is 4.22. The van der Waals surface area contributed by atoms with Crippen LogP contribution in [0.25, 0.3) is 10.9 Å². The fraction of sp³-hybridized carbons (Fsp3) is 0.235. The SMILES string of the molecule is Nc1nc2c(c(=O)[nH]1)NCCN2.O=C(O)C(Cc1c[nH]c2ccccc12)NO. The molecule has 11 nitrogen and oxygen atoms in total. The molecule has 11 heteroatoms. The summed E-state index contributed by atoms with van der Waals surface area (Å²) in [6.07, 6.45) is 1.99. The number of rotatable bonds is 4. The summed E-state index contributed by atoms with van der Waals surface area (Å²) in [5, 5.41) is 24.4. The Morgan fingerprint density at radius 3 is 2.79 bits per heavy atom. The first-order valence-corrected chi connectivity index (χ1v) is 8.54. The minimum atomic E-state index is -1.08. The average molecular weight is 387 g/mol. The fourth-order valence-electron chi connectivity index (χ4n) is 2.86. The van der Waals surface area contributed by atoms with Gasteiger partial charge >= 0.3 is 5.97 Å². The lowest BCUT2D eigenvalue weighted by Gasteiger charge is -2.17. The number of hydrogen-bond donors (Lipinski definition) is 8. The highest BCUT2D eigenvalue weighted by Crippen LogP contribution is 2.19. The van der Waals surface area contributed by atoms with Crippen molar-refractivity contribution in [1.82, 2.24) is 20.4 Å². The van der Waals surface area contributed by atoms with E-state index in [0.717, 1.165) is 29.6 Å². The molecule has 0 saturated carbocycles. The standard InChI is InChI=1S/C11H12N2O3.C6H9N5O/c14-11(15)10(13-16)5-7-6-12-9-4-2-1-3-8(7)9;7-6-10-4-3(5(12)11-6)8-1-2-9-4/h1-4,6,10,12-13,16H,5H2,(H,14,15);8H,1-2H2,(H4,7,9,10,11,12). The number of H-pyrrole nitrogens is 2. The largest absolute Gasteiger partial charge is 0.480 e. The molecule has 0 bridgehead atoms. The van der Waals surface area contributed by atoms with Gasteiger partial charge in [-0.15, -0.1) is 0 Å². The van der Waals surface area contributed by atoms with Gasteiger partial charge in [-0.1, -0.05) is 18.2 Å². The third-order valence-electron chi connectivity index (χ3n) is 4.21. The van der Waals surface area contributed by atoms with E-state index in [2.05, 4.69) is 25.6 Å². The molecule has 3 heterocycles. The Morgan fingerprint density at radius 1 is 1.29 bits per heavy atom. The molecule has 0 amide bonds. The van der Waals surface area contributed by atoms with Crippen molar-refractivity contribution in [1.29, 1.82) is 0 Å². The Hall–Kier alpha value is -3.57. The molecule has 0 aliphatic carbocycles. The normalized spacial score (nSPS) is 13.5. The molecule has 1 aromatic carbocycles. The van der Waals surface area contributed by atoms with E-state index in [9.17, 15) is 9.59 Å². The number of carbonyl (C=O) groups is 1. The molecular formula is C17H21N7O4. The van der Waals surface area contributed by atoms with Crippen molar-refractivity contribution in [2.24, 2.45) is 0 Å². The van der Waals surface area contributed by atoms with E-state index in [1.165, 1.54) is 0 Å². The summed E-state index contributed by atoms with van der Waals surface area (Å²) >= 11 is 0. The highest BCUT2D eigenvalue weighted by atomic mass is 16.5. The maximum Gasteiger partial charge on any atom is 0.323 e. The van der Waals surface area contributed by atoms with Gasteiger partial charge in [0.15, 0.2) is 5.82 Å². The second kappa shape index (κ2) is 8.41. The van der Waals surface area contributed by atoms with Gasteiger partial charge in [0.25, 0.3) is 5.56 Å². The molecule has 1 unspecified atom stereocenters. The molecule has 0 radical (unpaired) electrons. The van der Waals surface area contributed by atoms with Gasteiger partial charge in [0.05, 0.1) is 0 Å². The summed E-state index contributed by atoms with van der Waals surface area (Å²) in [6, 6.07) is 6.64. The molecule has 28 heavy (non-hydrogen) atoms. The monoisotopic (exact) mass is 387 g/mol. The van der Waals surface area contributed by atoms with Crippen LogP contribution in [-0.4, -0.2) is 50.4 Å². The fourth-order valence-corrected chi connectivity index (χ4v) is 2.86. The lowest BCUT2D eigenvalue weighted by atomic mass is 10.1. The van der Waals surface area contributed by atoms with Crippen LogP contribution in [0.15, 0.2) is 35.3 Å². The summed E-state index contributed by atoms with van der Waals surface area (Å²) in [7, 11) is 0. The van der Waals surface area contributed by atoms with Crippen LogP contribution in [0.4, 0.5) is 17.5 Å². The number of fused-ring (bicyclic) bond motifs is 2. The van der Waals surface area contributed by atoms with Crippen LogP contribution in [0.5, 0.6) is 0 Å². The van der Waals surface area contributed by atoms with Gasteiger partial charge in [0.1, 0.15) is 11.7 Å². The van der Waals surface area contributed by atoms with E-state index in [1.807, 2.05) is 24.3 Å². The summed E-state index contributed by atoms with van der Waals surface area (Å²) < 4.78 is 0. The molecule has 0 saturated heterocycles. The van der Waals surface area contributed by atoms with Crippen molar-refractivity contribution in [3.63, 3.8) is 0 Å². The molecule has 2 aromatic heterocycles. The Bertz CT molecular complexity index is 1030. The van der Waals surface area contributed by atoms with Crippen LogP contribution in [0.1, 0.15) is 5.56 Å². The quantitative estimate of drug-likeness (QED) is 0.293. The summed E-state index contributed by atoms with van der Waals surface area (Å²) in [4.78, 5) is 31.4. The van der Waals surface area contributed by atoms with Gasteiger partial charge in [0.2, 0.25) is 5.95 Å². The van der Waals surface area contributed by atoms with E-state index >= 15 is 0 Å². The number of nitrogens with zero attached hydrogens (tertiary/aromatic N) is 1. The highest BCUT2D eigenvalue weighted by molar-refractivity contribution is 5.84. The topological polar surface area (TPSA) is 181 Å². The number of hydroxylamine groups is 1. The first kappa shape index (κ1) is 19.2. The summed E-state index contributed by atoms with van der Waals surface area (Å²) in [6.45, 7) is 1.48. The van der Waals surface area contributed by atoms with Crippen LogP contribution in [0, 0.1) is 0 Å². The van der Waals surface area contributed by atoms with E-state index in [0.29, 0.717) is 11.5 Å². The maximum atomic E-state index is 11.2. The molecule has 148 valence electrons. The zero-order chi connectivity index (χ0) is 20.1. The van der Waals surface area contributed by atoms with Crippen LogP contribution in [0.2, 0.25) is 0 Å². The van der Waals surface area contributed by atoms with E-state index in [-0.39, 0.29) is 17.9 Å². The van der Waals surface area contributed by atoms with Gasteiger partial charge < -0.3 is 31.7 Å². The molecule has 1 aliphatic heterocycles. The lowest BCUT2D eigenvalue weighted by molar-refractivity contribution is -0.142. The Labute approximate surface area is 158 Å². The second-order valence-corrected chi connectivity index (χ2v) is 6.11. The number of benzene rings is 1. The van der Waals surface area contributed by atoms with Gasteiger partial charge in [-0.3, -0.25) is 14.6 Å². The molecule has 4 rings (SSSR count). The minimum Gasteiger partial charge on any atom is -0.480 e. The Morgan fingerprint density at radius 2 is 2.04 bits per heavy atom. The van der Waals surface area contributed by atoms with Crippen molar-refractivity contribution >= 4 is 34.3 Å². The smallest absolute Gasteiger partial charge is 0.323 e. The zero-order valence-electron chi connectivity index (χ0n) is 14.8. The van der Waals surface area contributed by atoms with Crippen molar-refractivity contribution in [2.75, 3.05) is 29.5 Å². The second-order valence-electron chi connectivity index (χ2n) is 6.11. The van der Waals surface area contributed by atoms with Crippen molar-refractivity contribution in [3.8, 4) is 0 Å². The van der Waals surface area contributed by atoms with Gasteiger partial charge in [-0.2, -0.15) is 10.5 Å². The molecule has 0 spiro atoms. The van der Waals surface area contributed by atoms with E-state index in [1.54, 1.807) is 11.7 Å².